The molecule has 0 fully saturated rings. The molecule has 0 spiro atoms. The number of nitrogens with two attached hydrogens (primary N) is 1. The van der Waals surface area contributed by atoms with Gasteiger partial charge in [-0.3, -0.25) is 5.73 Å². The molecule has 0 bridgehead atoms. The SMILES string of the molecule is CCCCCCC/C=C/CCCCCCC1=NC=C[N+]1(CC(=O)[O-])C(C)N. The Hall–Kier alpha value is -1.46. The number of hydrogen-bond acceptors (Lipinski definition) is 4. The van der Waals surface area contributed by atoms with Crippen molar-refractivity contribution in [2.24, 2.45) is 10.7 Å². The number of hydrogen-bond donors (Lipinski definition) is 1. The minimum Gasteiger partial charge on any atom is -0.544 e. The number of unbranched alkanes of at least 4 members (excludes halogenated alkanes) is 9. The van der Waals surface area contributed by atoms with Crippen LogP contribution in [0.4, 0.5) is 0 Å². The molecule has 1 aliphatic rings. The van der Waals surface area contributed by atoms with Gasteiger partial charge in [0.05, 0.1) is 12.2 Å². The van der Waals surface area contributed by atoms with Gasteiger partial charge < -0.3 is 9.90 Å². The number of carboxylic acid groups (broad SMARTS) is 1. The summed E-state index contributed by atoms with van der Waals surface area (Å²) in [5, 5.41) is 11.1. The second-order valence-corrected chi connectivity index (χ2v) is 7.67. The van der Waals surface area contributed by atoms with E-state index in [2.05, 4.69) is 24.1 Å². The monoisotopic (exact) mass is 377 g/mol. The fraction of sp³-hybridized carbons (Fsp3) is 0.727. The van der Waals surface area contributed by atoms with Crippen LogP contribution in [0.1, 0.15) is 90.9 Å². The van der Waals surface area contributed by atoms with E-state index < -0.39 is 5.97 Å². The largest absolute Gasteiger partial charge is 0.544 e. The van der Waals surface area contributed by atoms with Crippen LogP contribution < -0.4 is 10.8 Å². The van der Waals surface area contributed by atoms with Gasteiger partial charge in [0, 0.05) is 13.3 Å². The third-order valence-corrected chi connectivity index (χ3v) is 5.32. The first-order valence-corrected chi connectivity index (χ1v) is 10.8. The fourth-order valence-electron chi connectivity index (χ4n) is 3.58. The zero-order valence-electron chi connectivity index (χ0n) is 17.4. The Balaban J connectivity index is 2.13. The van der Waals surface area contributed by atoms with Crippen molar-refractivity contribution in [3.8, 4) is 0 Å². The van der Waals surface area contributed by atoms with Gasteiger partial charge in [0.25, 0.3) is 0 Å². The lowest BCUT2D eigenvalue weighted by molar-refractivity contribution is -0.808. The fourth-order valence-corrected chi connectivity index (χ4v) is 3.58. The van der Waals surface area contributed by atoms with Gasteiger partial charge in [-0.2, -0.15) is 0 Å². The van der Waals surface area contributed by atoms with Crippen molar-refractivity contribution in [3.05, 3.63) is 24.6 Å². The van der Waals surface area contributed by atoms with Crippen molar-refractivity contribution in [2.45, 2.75) is 97.1 Å². The molecule has 0 amide bonds. The van der Waals surface area contributed by atoms with Crippen LogP contribution in [0.25, 0.3) is 0 Å². The molecule has 5 nitrogen and oxygen atoms in total. The maximum absolute atomic E-state index is 11.1. The average Bonchev–Trinajstić information content (AvgIpc) is 3.02. The van der Waals surface area contributed by atoms with Gasteiger partial charge in [-0.1, -0.05) is 57.6 Å². The Morgan fingerprint density at radius 1 is 1.11 bits per heavy atom. The highest BCUT2D eigenvalue weighted by molar-refractivity contribution is 5.81. The molecule has 0 saturated carbocycles. The number of allylic oxidation sites excluding steroid dienone is 2. The quantitative estimate of drug-likeness (QED) is 0.251. The van der Waals surface area contributed by atoms with E-state index in [1.807, 2.05) is 6.92 Å². The molecule has 2 unspecified atom stereocenters. The number of quaternary nitrogens is 1. The van der Waals surface area contributed by atoms with Crippen LogP contribution in [-0.2, 0) is 4.79 Å². The summed E-state index contributed by atoms with van der Waals surface area (Å²) in [5.41, 5.74) is 6.06. The first kappa shape index (κ1) is 23.6. The second-order valence-electron chi connectivity index (χ2n) is 7.67. The molecule has 0 saturated heterocycles. The first-order valence-electron chi connectivity index (χ1n) is 10.8. The van der Waals surface area contributed by atoms with Crippen LogP contribution in [-0.4, -0.2) is 29.0 Å². The van der Waals surface area contributed by atoms with Gasteiger partial charge in [0.1, 0.15) is 18.9 Å². The Morgan fingerprint density at radius 2 is 1.70 bits per heavy atom. The molecule has 0 radical (unpaired) electrons. The molecule has 1 aliphatic heterocycles. The van der Waals surface area contributed by atoms with E-state index in [4.69, 9.17) is 5.73 Å². The highest BCUT2D eigenvalue weighted by atomic mass is 16.4. The number of nitrogens with zero attached hydrogens (tertiary/aromatic N) is 2. The summed E-state index contributed by atoms with van der Waals surface area (Å²) < 4.78 is 0.101. The molecule has 1 rings (SSSR count). The topological polar surface area (TPSA) is 78.5 Å². The predicted octanol–water partition coefficient (Wildman–Crippen LogP) is 4.00. The lowest BCUT2D eigenvalue weighted by Crippen LogP contribution is -2.60. The van der Waals surface area contributed by atoms with Gasteiger partial charge >= 0.3 is 0 Å². The zero-order chi connectivity index (χ0) is 20.0. The van der Waals surface area contributed by atoms with Crippen LogP contribution in [0.3, 0.4) is 0 Å². The van der Waals surface area contributed by atoms with Crippen LogP contribution in [0.15, 0.2) is 29.5 Å². The number of aliphatic imine (C=N–C) groups is 1. The van der Waals surface area contributed by atoms with Gasteiger partial charge in [0.15, 0.2) is 0 Å². The van der Waals surface area contributed by atoms with E-state index >= 15 is 0 Å². The van der Waals surface area contributed by atoms with Gasteiger partial charge in [-0.25, -0.2) is 9.48 Å². The van der Waals surface area contributed by atoms with Crippen LogP contribution >= 0.6 is 0 Å². The second kappa shape index (κ2) is 13.7. The summed E-state index contributed by atoms with van der Waals surface area (Å²) in [6.45, 7) is 3.93. The van der Waals surface area contributed by atoms with Gasteiger partial charge in [-0.15, -0.1) is 0 Å². The Bertz CT molecular complexity index is 512. The predicted molar refractivity (Wildman–Crippen MR) is 111 cm³/mol. The number of rotatable bonds is 16. The van der Waals surface area contributed by atoms with Gasteiger partial charge in [0.2, 0.25) is 5.84 Å². The summed E-state index contributed by atoms with van der Waals surface area (Å²) in [6, 6.07) is 0. The minimum absolute atomic E-state index is 0.101. The standard InChI is InChI=1S/C22H39N3O2/c1-3-4-5-6-7-8-9-10-11-12-13-14-15-16-21-24-17-18-25(21,20(2)23)19-22(26)27/h9-10,17-18,20H,3-8,11-16,19,23H2,1-2H3/b10-9+. The van der Waals surface area contributed by atoms with Crippen molar-refractivity contribution < 1.29 is 14.4 Å². The van der Waals surface area contributed by atoms with Crippen molar-refractivity contribution in [3.63, 3.8) is 0 Å². The summed E-state index contributed by atoms with van der Waals surface area (Å²) >= 11 is 0. The van der Waals surface area contributed by atoms with Crippen LogP contribution in [0.5, 0.6) is 0 Å². The molecule has 27 heavy (non-hydrogen) atoms. The first-order chi connectivity index (χ1) is 13.0. The van der Waals surface area contributed by atoms with E-state index in [1.54, 1.807) is 12.4 Å². The summed E-state index contributed by atoms with van der Waals surface area (Å²) in [4.78, 5) is 15.5. The molecule has 5 heteroatoms. The number of aliphatic carboxylic acids is 1. The maximum atomic E-state index is 11.1. The van der Waals surface area contributed by atoms with E-state index in [-0.39, 0.29) is 17.2 Å². The molecule has 0 aromatic heterocycles. The van der Waals surface area contributed by atoms with E-state index in [9.17, 15) is 9.90 Å². The van der Waals surface area contributed by atoms with E-state index in [0.29, 0.717) is 0 Å². The Kier molecular flexibility index (Phi) is 11.9. The molecule has 2 N–H and O–H groups in total. The third kappa shape index (κ3) is 8.85. The van der Waals surface area contributed by atoms with Crippen LogP contribution in [0, 0.1) is 0 Å². The van der Waals surface area contributed by atoms with Crippen molar-refractivity contribution in [2.75, 3.05) is 6.54 Å². The van der Waals surface area contributed by atoms with Gasteiger partial charge in [-0.05, 0) is 32.1 Å². The van der Waals surface area contributed by atoms with Crippen molar-refractivity contribution in [1.29, 1.82) is 0 Å². The highest BCUT2D eigenvalue weighted by Gasteiger charge is 2.38. The number of carbonyl (C=O) groups is 1. The molecule has 1 heterocycles. The Labute approximate surface area is 165 Å². The summed E-state index contributed by atoms with van der Waals surface area (Å²) in [6.07, 6.45) is 22.2. The molecular formula is C22H39N3O2. The molecule has 0 aliphatic carbocycles. The molecule has 0 aromatic carbocycles. The van der Waals surface area contributed by atoms with E-state index in [1.165, 1.54) is 51.4 Å². The minimum atomic E-state index is -1.09. The molecular weight excluding hydrogens is 338 g/mol. The molecule has 2 atom stereocenters. The molecule has 154 valence electrons. The third-order valence-electron chi connectivity index (χ3n) is 5.32. The highest BCUT2D eigenvalue weighted by Crippen LogP contribution is 2.23. The lowest BCUT2D eigenvalue weighted by Gasteiger charge is -2.36. The van der Waals surface area contributed by atoms with Crippen molar-refractivity contribution in [1.82, 2.24) is 0 Å². The summed E-state index contributed by atoms with van der Waals surface area (Å²) in [7, 11) is 0. The number of carbonyl (C=O) groups excluding carboxylic acids is 1. The number of carboxylic acids is 1. The Morgan fingerprint density at radius 3 is 2.26 bits per heavy atom. The normalized spacial score (nSPS) is 20.3. The number of amidine groups is 1. The smallest absolute Gasteiger partial charge is 0.209 e. The lowest BCUT2D eigenvalue weighted by atomic mass is 10.1. The summed E-state index contributed by atoms with van der Waals surface area (Å²) in [5.74, 6) is -0.249. The zero-order valence-corrected chi connectivity index (χ0v) is 17.4. The average molecular weight is 378 g/mol. The maximum Gasteiger partial charge on any atom is 0.209 e. The van der Waals surface area contributed by atoms with E-state index in [0.717, 1.165) is 31.5 Å². The molecule has 0 aromatic rings. The van der Waals surface area contributed by atoms with Crippen molar-refractivity contribution >= 4 is 11.8 Å². The van der Waals surface area contributed by atoms with Crippen LogP contribution in [0.2, 0.25) is 0 Å².